The largest absolute Gasteiger partial charge is 0.383 e. The van der Waals surface area contributed by atoms with E-state index in [0.29, 0.717) is 17.8 Å². The van der Waals surface area contributed by atoms with Crippen LogP contribution in [0, 0.1) is 6.92 Å². The van der Waals surface area contributed by atoms with Gasteiger partial charge in [0.15, 0.2) is 0 Å². The van der Waals surface area contributed by atoms with E-state index in [1.807, 2.05) is 6.92 Å². The lowest BCUT2D eigenvalue weighted by molar-refractivity contribution is 0.314. The number of nitrogens with two attached hydrogens (primary N) is 1. The minimum Gasteiger partial charge on any atom is -0.383 e. The second kappa shape index (κ2) is 5.20. The first-order valence-electron chi connectivity index (χ1n) is 7.61. The van der Waals surface area contributed by atoms with Gasteiger partial charge in [-0.05, 0) is 46.2 Å². The maximum atomic E-state index is 6.07. The van der Waals surface area contributed by atoms with Gasteiger partial charge in [-0.2, -0.15) is 0 Å². The molecule has 1 aliphatic carbocycles. The predicted octanol–water partition coefficient (Wildman–Crippen LogP) is 1.78. The molecule has 5 nitrogen and oxygen atoms in total. The fourth-order valence-corrected chi connectivity index (χ4v) is 3.05. The molecule has 3 rings (SSSR count). The SMILES string of the molecule is Cc1c(N)nc(C2CC2)nc1N(C)CC1CCCN1C. The van der Waals surface area contributed by atoms with Crippen LogP contribution in [0.5, 0.6) is 0 Å². The summed E-state index contributed by atoms with van der Waals surface area (Å²) >= 11 is 0. The van der Waals surface area contributed by atoms with Crippen LogP contribution in [0.3, 0.4) is 0 Å². The first-order valence-corrected chi connectivity index (χ1v) is 7.61. The third kappa shape index (κ3) is 2.59. The van der Waals surface area contributed by atoms with Crippen LogP contribution in [0.25, 0.3) is 0 Å². The molecule has 2 aliphatic rings. The van der Waals surface area contributed by atoms with Gasteiger partial charge < -0.3 is 15.5 Å². The van der Waals surface area contributed by atoms with Gasteiger partial charge in [0.25, 0.3) is 0 Å². The first-order chi connectivity index (χ1) is 9.56. The Morgan fingerprint density at radius 1 is 1.30 bits per heavy atom. The summed E-state index contributed by atoms with van der Waals surface area (Å²) in [6.07, 6.45) is 4.98. The first kappa shape index (κ1) is 13.6. The zero-order valence-electron chi connectivity index (χ0n) is 12.8. The molecular weight excluding hydrogens is 250 g/mol. The van der Waals surface area contributed by atoms with Crippen LogP contribution in [0.4, 0.5) is 11.6 Å². The maximum absolute atomic E-state index is 6.07. The molecule has 0 spiro atoms. The summed E-state index contributed by atoms with van der Waals surface area (Å²) in [7, 11) is 4.33. The minimum atomic E-state index is 0.541. The van der Waals surface area contributed by atoms with Crippen molar-refractivity contribution in [1.29, 1.82) is 0 Å². The minimum absolute atomic E-state index is 0.541. The summed E-state index contributed by atoms with van der Waals surface area (Å²) in [5.41, 5.74) is 7.08. The molecule has 1 aromatic rings. The molecule has 2 N–H and O–H groups in total. The van der Waals surface area contributed by atoms with Crippen LogP contribution >= 0.6 is 0 Å². The van der Waals surface area contributed by atoms with Crippen molar-refractivity contribution in [3.05, 3.63) is 11.4 Å². The number of nitrogens with zero attached hydrogens (tertiary/aromatic N) is 4. The number of rotatable bonds is 4. The quantitative estimate of drug-likeness (QED) is 0.907. The van der Waals surface area contributed by atoms with E-state index in [2.05, 4.69) is 28.9 Å². The van der Waals surface area contributed by atoms with Crippen molar-refractivity contribution in [2.24, 2.45) is 0 Å². The number of likely N-dealkylation sites (N-methyl/N-ethyl adjacent to an activating group) is 2. The number of hydrogen-bond acceptors (Lipinski definition) is 5. The summed E-state index contributed by atoms with van der Waals surface area (Å²) in [5.74, 6) is 3.14. The van der Waals surface area contributed by atoms with Crippen molar-refractivity contribution in [3.8, 4) is 0 Å². The Labute approximate surface area is 121 Å². The Morgan fingerprint density at radius 2 is 2.05 bits per heavy atom. The molecule has 1 saturated heterocycles. The highest BCUT2D eigenvalue weighted by Crippen LogP contribution is 2.39. The second-order valence-corrected chi connectivity index (χ2v) is 6.35. The van der Waals surface area contributed by atoms with Crippen molar-refractivity contribution < 1.29 is 0 Å². The van der Waals surface area contributed by atoms with Crippen LogP contribution in [-0.2, 0) is 0 Å². The maximum Gasteiger partial charge on any atom is 0.137 e. The molecule has 1 saturated carbocycles. The molecule has 2 fully saturated rings. The molecule has 110 valence electrons. The lowest BCUT2D eigenvalue weighted by Crippen LogP contribution is -2.37. The van der Waals surface area contributed by atoms with Crippen LogP contribution in [0.1, 0.15) is 43.0 Å². The van der Waals surface area contributed by atoms with Crippen LogP contribution in [0.2, 0.25) is 0 Å². The highest BCUT2D eigenvalue weighted by molar-refractivity contribution is 5.56. The van der Waals surface area contributed by atoms with Crippen molar-refractivity contribution >= 4 is 11.6 Å². The zero-order valence-corrected chi connectivity index (χ0v) is 12.8. The molecule has 1 aliphatic heterocycles. The average molecular weight is 275 g/mol. The van der Waals surface area contributed by atoms with Gasteiger partial charge in [0.05, 0.1) is 0 Å². The van der Waals surface area contributed by atoms with Crippen molar-refractivity contribution in [2.45, 2.75) is 44.6 Å². The van der Waals surface area contributed by atoms with Crippen molar-refractivity contribution in [1.82, 2.24) is 14.9 Å². The molecule has 1 unspecified atom stereocenters. The molecule has 0 bridgehead atoms. The van der Waals surface area contributed by atoms with E-state index in [1.165, 1.54) is 32.2 Å². The summed E-state index contributed by atoms with van der Waals surface area (Å²) in [5, 5.41) is 0. The molecule has 2 heterocycles. The van der Waals surface area contributed by atoms with Gasteiger partial charge in [0, 0.05) is 31.1 Å². The molecular formula is C15H25N5. The van der Waals surface area contributed by atoms with Gasteiger partial charge in [0.2, 0.25) is 0 Å². The Hall–Kier alpha value is -1.36. The fourth-order valence-electron chi connectivity index (χ4n) is 3.05. The summed E-state index contributed by atoms with van der Waals surface area (Å²) in [6, 6.07) is 0.625. The molecule has 20 heavy (non-hydrogen) atoms. The van der Waals surface area contributed by atoms with Crippen LogP contribution < -0.4 is 10.6 Å². The highest BCUT2D eigenvalue weighted by atomic mass is 15.2. The predicted molar refractivity (Wildman–Crippen MR) is 82.1 cm³/mol. The summed E-state index contributed by atoms with van der Waals surface area (Å²) < 4.78 is 0. The second-order valence-electron chi connectivity index (χ2n) is 6.35. The molecule has 0 radical (unpaired) electrons. The van der Waals surface area contributed by atoms with E-state index < -0.39 is 0 Å². The molecule has 0 amide bonds. The Bertz CT molecular complexity index is 497. The normalized spacial score (nSPS) is 23.2. The third-order valence-corrected chi connectivity index (χ3v) is 4.64. The lowest BCUT2D eigenvalue weighted by atomic mass is 10.2. The summed E-state index contributed by atoms with van der Waals surface area (Å²) in [4.78, 5) is 13.9. The monoisotopic (exact) mass is 275 g/mol. The van der Waals surface area contributed by atoms with E-state index in [1.54, 1.807) is 0 Å². The number of hydrogen-bond donors (Lipinski definition) is 1. The molecule has 0 aromatic carbocycles. The topological polar surface area (TPSA) is 58.3 Å². The van der Waals surface area contributed by atoms with E-state index in [0.717, 1.165) is 23.8 Å². The third-order valence-electron chi connectivity index (χ3n) is 4.64. The highest BCUT2D eigenvalue weighted by Gasteiger charge is 2.29. The van der Waals surface area contributed by atoms with Gasteiger partial charge >= 0.3 is 0 Å². The van der Waals surface area contributed by atoms with Gasteiger partial charge in [-0.3, -0.25) is 0 Å². The van der Waals surface area contributed by atoms with E-state index in [9.17, 15) is 0 Å². The molecule has 5 heteroatoms. The Balaban J connectivity index is 1.80. The molecule has 1 atom stereocenters. The van der Waals surface area contributed by atoms with E-state index in [-0.39, 0.29) is 0 Å². The Kier molecular flexibility index (Phi) is 3.54. The van der Waals surface area contributed by atoms with Crippen molar-refractivity contribution in [3.63, 3.8) is 0 Å². The smallest absolute Gasteiger partial charge is 0.137 e. The molecule has 1 aromatic heterocycles. The van der Waals surface area contributed by atoms with E-state index in [4.69, 9.17) is 10.7 Å². The lowest BCUT2D eigenvalue weighted by Gasteiger charge is -2.28. The van der Waals surface area contributed by atoms with E-state index >= 15 is 0 Å². The zero-order chi connectivity index (χ0) is 14.3. The number of anilines is 2. The van der Waals surface area contributed by atoms with Gasteiger partial charge in [0.1, 0.15) is 17.5 Å². The van der Waals surface area contributed by atoms with Crippen LogP contribution in [0.15, 0.2) is 0 Å². The number of likely N-dealkylation sites (tertiary alicyclic amines) is 1. The van der Waals surface area contributed by atoms with Gasteiger partial charge in [-0.15, -0.1) is 0 Å². The average Bonchev–Trinajstić information content (AvgIpc) is 3.18. The van der Waals surface area contributed by atoms with Gasteiger partial charge in [-0.1, -0.05) is 0 Å². The number of aromatic nitrogens is 2. The van der Waals surface area contributed by atoms with Crippen LogP contribution in [-0.4, -0.2) is 48.1 Å². The van der Waals surface area contributed by atoms with Crippen molar-refractivity contribution in [2.75, 3.05) is 37.8 Å². The standard InChI is InChI=1S/C15H25N5/c1-10-13(16)17-14(11-6-7-11)18-15(10)20(3)9-12-5-4-8-19(12)2/h11-12H,4-9H2,1-3H3,(H2,16,17,18). The Morgan fingerprint density at radius 3 is 2.65 bits per heavy atom. The summed E-state index contributed by atoms with van der Waals surface area (Å²) in [6.45, 7) is 4.24. The van der Waals surface area contributed by atoms with Gasteiger partial charge in [-0.25, -0.2) is 9.97 Å². The fraction of sp³-hybridized carbons (Fsp3) is 0.733. The number of nitrogen functional groups attached to an aromatic ring is 1.